The van der Waals surface area contributed by atoms with Gasteiger partial charge in [-0.05, 0) is 29.8 Å². The SMILES string of the molecule is CN1C(=O)c2ccc(C(=O)Nc3ccnn3Cc3cccc(Cl)c3Cl)cc2C1=O. The standard InChI is InChI=1S/C20H14Cl2N4O3/c1-25-19(28)13-6-5-11(9-14(13)20(25)29)18(27)24-16-7-8-23-26(16)10-12-3-2-4-15(21)17(12)22/h2-9H,10H2,1H3,(H,24,27). The van der Waals surface area contributed by atoms with Crippen molar-refractivity contribution in [2.75, 3.05) is 12.4 Å². The number of nitrogens with zero attached hydrogens (tertiary/aromatic N) is 3. The van der Waals surface area contributed by atoms with Crippen molar-refractivity contribution in [1.29, 1.82) is 0 Å². The number of hydrogen-bond acceptors (Lipinski definition) is 4. The highest BCUT2D eigenvalue weighted by Gasteiger charge is 2.33. The molecule has 0 aliphatic carbocycles. The molecule has 0 atom stereocenters. The predicted molar refractivity (Wildman–Crippen MR) is 109 cm³/mol. The Hall–Kier alpha value is -3.16. The molecule has 0 saturated carbocycles. The normalized spacial score (nSPS) is 13.0. The maximum absolute atomic E-state index is 12.7. The summed E-state index contributed by atoms with van der Waals surface area (Å²) in [5.41, 5.74) is 1.51. The van der Waals surface area contributed by atoms with Crippen LogP contribution in [0.5, 0.6) is 0 Å². The van der Waals surface area contributed by atoms with Gasteiger partial charge in [0.25, 0.3) is 17.7 Å². The molecule has 2 aromatic carbocycles. The molecule has 0 unspecified atom stereocenters. The van der Waals surface area contributed by atoms with Crippen LogP contribution in [-0.2, 0) is 6.54 Å². The fourth-order valence-corrected chi connectivity index (χ4v) is 3.47. The number of hydrogen-bond donors (Lipinski definition) is 1. The molecule has 146 valence electrons. The first-order valence-electron chi connectivity index (χ1n) is 8.59. The van der Waals surface area contributed by atoms with Crippen molar-refractivity contribution in [3.8, 4) is 0 Å². The van der Waals surface area contributed by atoms with Crippen LogP contribution in [0.25, 0.3) is 0 Å². The number of fused-ring (bicyclic) bond motifs is 1. The highest BCUT2D eigenvalue weighted by molar-refractivity contribution is 6.42. The second-order valence-electron chi connectivity index (χ2n) is 6.47. The molecule has 4 rings (SSSR count). The van der Waals surface area contributed by atoms with E-state index in [2.05, 4.69) is 10.4 Å². The number of anilines is 1. The zero-order chi connectivity index (χ0) is 20.7. The van der Waals surface area contributed by atoms with Crippen molar-refractivity contribution in [2.24, 2.45) is 0 Å². The second kappa shape index (κ2) is 7.35. The van der Waals surface area contributed by atoms with Crippen LogP contribution in [0, 0.1) is 0 Å². The van der Waals surface area contributed by atoms with Gasteiger partial charge in [0.2, 0.25) is 0 Å². The van der Waals surface area contributed by atoms with E-state index in [1.54, 1.807) is 29.1 Å². The molecular weight excluding hydrogens is 415 g/mol. The van der Waals surface area contributed by atoms with Crippen LogP contribution in [-0.4, -0.2) is 39.4 Å². The van der Waals surface area contributed by atoms with E-state index in [1.165, 1.54) is 25.2 Å². The summed E-state index contributed by atoms with van der Waals surface area (Å²) in [7, 11) is 1.41. The Bertz CT molecular complexity index is 1170. The van der Waals surface area contributed by atoms with E-state index in [9.17, 15) is 14.4 Å². The van der Waals surface area contributed by atoms with Gasteiger partial charge in [-0.15, -0.1) is 0 Å². The van der Waals surface area contributed by atoms with Gasteiger partial charge in [0.05, 0.1) is 33.9 Å². The van der Waals surface area contributed by atoms with Gasteiger partial charge in [0.1, 0.15) is 5.82 Å². The van der Waals surface area contributed by atoms with E-state index in [4.69, 9.17) is 23.2 Å². The number of benzene rings is 2. The molecule has 0 bridgehead atoms. The summed E-state index contributed by atoms with van der Waals surface area (Å²) in [6.45, 7) is 0.310. The molecule has 0 spiro atoms. The second-order valence-corrected chi connectivity index (χ2v) is 7.26. The Morgan fingerprint density at radius 3 is 2.62 bits per heavy atom. The molecule has 1 N–H and O–H groups in total. The lowest BCUT2D eigenvalue weighted by Gasteiger charge is -2.11. The number of aromatic nitrogens is 2. The average Bonchev–Trinajstić information content (AvgIpc) is 3.23. The Balaban J connectivity index is 1.57. The third kappa shape index (κ3) is 3.39. The summed E-state index contributed by atoms with van der Waals surface area (Å²) in [5, 5.41) is 7.84. The van der Waals surface area contributed by atoms with Crippen LogP contribution in [0.2, 0.25) is 10.0 Å². The summed E-state index contributed by atoms with van der Waals surface area (Å²) in [6.07, 6.45) is 1.55. The van der Waals surface area contributed by atoms with Gasteiger partial charge in [0.15, 0.2) is 0 Å². The molecule has 0 fully saturated rings. The third-order valence-corrected chi connectivity index (χ3v) is 5.52. The molecule has 9 heteroatoms. The largest absolute Gasteiger partial charge is 0.307 e. The van der Waals surface area contributed by atoms with Crippen molar-refractivity contribution >= 4 is 46.7 Å². The molecule has 2 heterocycles. The molecule has 0 saturated heterocycles. The summed E-state index contributed by atoms with van der Waals surface area (Å²) < 4.78 is 1.57. The predicted octanol–water partition coefficient (Wildman–Crippen LogP) is 3.72. The zero-order valence-corrected chi connectivity index (χ0v) is 16.7. The smallest absolute Gasteiger partial charge is 0.261 e. The van der Waals surface area contributed by atoms with Gasteiger partial charge in [0, 0.05) is 18.7 Å². The quantitative estimate of drug-likeness (QED) is 0.641. The van der Waals surface area contributed by atoms with Crippen molar-refractivity contribution in [2.45, 2.75) is 6.54 Å². The maximum Gasteiger partial charge on any atom is 0.261 e. The average molecular weight is 429 g/mol. The Labute approximate surface area is 175 Å². The molecule has 3 amide bonds. The summed E-state index contributed by atoms with van der Waals surface area (Å²) >= 11 is 12.3. The lowest BCUT2D eigenvalue weighted by molar-refractivity contribution is 0.0693. The first kappa shape index (κ1) is 19.2. The minimum absolute atomic E-state index is 0.212. The number of amides is 3. The number of imide groups is 1. The number of carbonyl (C=O) groups is 3. The minimum Gasteiger partial charge on any atom is -0.307 e. The van der Waals surface area contributed by atoms with Crippen LogP contribution in [0.1, 0.15) is 36.6 Å². The number of carbonyl (C=O) groups excluding carboxylic acids is 3. The fraction of sp³-hybridized carbons (Fsp3) is 0.100. The van der Waals surface area contributed by atoms with Crippen molar-refractivity contribution < 1.29 is 14.4 Å². The van der Waals surface area contributed by atoms with Gasteiger partial charge < -0.3 is 5.32 Å². The van der Waals surface area contributed by atoms with Crippen LogP contribution < -0.4 is 5.32 Å². The van der Waals surface area contributed by atoms with Crippen molar-refractivity contribution in [3.05, 3.63) is 81.0 Å². The molecule has 7 nitrogen and oxygen atoms in total. The highest BCUT2D eigenvalue weighted by Crippen LogP contribution is 2.27. The monoisotopic (exact) mass is 428 g/mol. The summed E-state index contributed by atoms with van der Waals surface area (Å²) in [4.78, 5) is 37.9. The topological polar surface area (TPSA) is 84.3 Å². The highest BCUT2D eigenvalue weighted by atomic mass is 35.5. The van der Waals surface area contributed by atoms with E-state index in [-0.39, 0.29) is 22.6 Å². The van der Waals surface area contributed by atoms with Crippen LogP contribution in [0.15, 0.2) is 48.7 Å². The first-order valence-corrected chi connectivity index (χ1v) is 9.35. The molecule has 1 aromatic heterocycles. The summed E-state index contributed by atoms with van der Waals surface area (Å²) in [5.74, 6) is -0.790. The zero-order valence-electron chi connectivity index (χ0n) is 15.1. The van der Waals surface area contributed by atoms with E-state index >= 15 is 0 Å². The molecule has 1 aliphatic rings. The molecule has 1 aliphatic heterocycles. The number of nitrogens with one attached hydrogen (secondary N) is 1. The van der Waals surface area contributed by atoms with E-state index in [1.807, 2.05) is 6.07 Å². The number of halogens is 2. The molecule has 3 aromatic rings. The Morgan fingerprint density at radius 1 is 1.07 bits per heavy atom. The van der Waals surface area contributed by atoms with Gasteiger partial charge in [-0.1, -0.05) is 35.3 Å². The van der Waals surface area contributed by atoms with Gasteiger partial charge >= 0.3 is 0 Å². The van der Waals surface area contributed by atoms with Gasteiger partial charge in [-0.2, -0.15) is 5.10 Å². The molecular formula is C20H14Cl2N4O3. The van der Waals surface area contributed by atoms with Crippen LogP contribution in [0.3, 0.4) is 0 Å². The minimum atomic E-state index is -0.430. The summed E-state index contributed by atoms with van der Waals surface area (Å²) in [6, 6.07) is 11.3. The van der Waals surface area contributed by atoms with Crippen LogP contribution in [0.4, 0.5) is 5.82 Å². The molecule has 29 heavy (non-hydrogen) atoms. The van der Waals surface area contributed by atoms with E-state index < -0.39 is 11.8 Å². The number of rotatable bonds is 4. The van der Waals surface area contributed by atoms with Crippen molar-refractivity contribution in [3.63, 3.8) is 0 Å². The molecule has 0 radical (unpaired) electrons. The van der Waals surface area contributed by atoms with E-state index in [0.717, 1.165) is 10.5 Å². The maximum atomic E-state index is 12.7. The lowest BCUT2D eigenvalue weighted by atomic mass is 10.1. The van der Waals surface area contributed by atoms with Gasteiger partial charge in [-0.3, -0.25) is 19.3 Å². The van der Waals surface area contributed by atoms with E-state index in [0.29, 0.717) is 22.4 Å². The Morgan fingerprint density at radius 2 is 1.83 bits per heavy atom. The Kier molecular flexibility index (Phi) is 4.86. The van der Waals surface area contributed by atoms with Gasteiger partial charge in [-0.25, -0.2) is 4.68 Å². The van der Waals surface area contributed by atoms with Crippen LogP contribution >= 0.6 is 23.2 Å². The fourth-order valence-electron chi connectivity index (χ4n) is 3.09. The van der Waals surface area contributed by atoms with Crippen molar-refractivity contribution in [1.82, 2.24) is 14.7 Å². The third-order valence-electron chi connectivity index (χ3n) is 4.66. The lowest BCUT2D eigenvalue weighted by Crippen LogP contribution is -2.24. The first-order chi connectivity index (χ1) is 13.9.